The van der Waals surface area contributed by atoms with E-state index in [0.29, 0.717) is 17.2 Å². The number of carbonyl (C=O) groups excluding carboxylic acids is 1. The molecule has 1 fully saturated rings. The van der Waals surface area contributed by atoms with E-state index < -0.39 is 0 Å². The second kappa shape index (κ2) is 8.77. The number of amides is 1. The maximum Gasteiger partial charge on any atom is 0.241 e. The van der Waals surface area contributed by atoms with Crippen molar-refractivity contribution in [1.29, 1.82) is 0 Å². The van der Waals surface area contributed by atoms with E-state index in [1.54, 1.807) is 26.4 Å². The van der Waals surface area contributed by atoms with Crippen LogP contribution in [0.3, 0.4) is 0 Å². The van der Waals surface area contributed by atoms with Crippen LogP contribution in [0.15, 0.2) is 48.5 Å². The highest BCUT2D eigenvalue weighted by atomic mass is 16.5. The van der Waals surface area contributed by atoms with E-state index >= 15 is 0 Å². The Morgan fingerprint density at radius 2 is 1.63 bits per heavy atom. The fourth-order valence-electron chi connectivity index (χ4n) is 3.33. The fraction of sp³-hybridized carbons (Fsp3) is 0.381. The van der Waals surface area contributed by atoms with Crippen molar-refractivity contribution >= 4 is 17.3 Å². The molecule has 0 unspecified atom stereocenters. The topological polar surface area (TPSA) is 54.0 Å². The summed E-state index contributed by atoms with van der Waals surface area (Å²) < 4.78 is 10.5. The summed E-state index contributed by atoms with van der Waals surface area (Å²) in [5.41, 5.74) is 1.94. The molecule has 1 amide bonds. The lowest BCUT2D eigenvalue weighted by atomic mass is 10.2. The zero-order valence-corrected chi connectivity index (χ0v) is 16.1. The predicted molar refractivity (Wildman–Crippen MR) is 108 cm³/mol. The average Bonchev–Trinajstić information content (AvgIpc) is 2.73. The first-order valence-electron chi connectivity index (χ1n) is 9.19. The van der Waals surface area contributed by atoms with Crippen molar-refractivity contribution in [3.05, 3.63) is 48.5 Å². The largest absolute Gasteiger partial charge is 0.493 e. The van der Waals surface area contributed by atoms with Crippen LogP contribution in [0.5, 0.6) is 11.5 Å². The number of anilines is 2. The molecule has 144 valence electrons. The van der Waals surface area contributed by atoms with Gasteiger partial charge < -0.3 is 19.7 Å². The number of nitrogens with zero attached hydrogens (tertiary/aromatic N) is 2. The van der Waals surface area contributed by atoms with E-state index in [1.165, 1.54) is 5.69 Å². The van der Waals surface area contributed by atoms with Crippen molar-refractivity contribution in [3.8, 4) is 11.5 Å². The van der Waals surface area contributed by atoms with Gasteiger partial charge in [0.25, 0.3) is 0 Å². The summed E-state index contributed by atoms with van der Waals surface area (Å²) in [6.07, 6.45) is 0. The van der Waals surface area contributed by atoms with Crippen molar-refractivity contribution in [2.75, 3.05) is 50.6 Å². The molecule has 0 radical (unpaired) electrons. The van der Waals surface area contributed by atoms with Gasteiger partial charge >= 0.3 is 0 Å². The van der Waals surface area contributed by atoms with Crippen LogP contribution in [-0.2, 0) is 4.79 Å². The molecule has 2 aromatic carbocycles. The van der Waals surface area contributed by atoms with Crippen LogP contribution in [0.4, 0.5) is 11.4 Å². The monoisotopic (exact) mass is 369 g/mol. The van der Waals surface area contributed by atoms with E-state index in [-0.39, 0.29) is 11.9 Å². The molecule has 0 bridgehead atoms. The lowest BCUT2D eigenvalue weighted by Crippen LogP contribution is -2.52. The van der Waals surface area contributed by atoms with Gasteiger partial charge in [-0.05, 0) is 31.2 Å². The highest BCUT2D eigenvalue weighted by Gasteiger charge is 2.25. The van der Waals surface area contributed by atoms with Crippen LogP contribution in [0.25, 0.3) is 0 Å². The number of rotatable bonds is 6. The molecular weight excluding hydrogens is 342 g/mol. The van der Waals surface area contributed by atoms with E-state index in [2.05, 4.69) is 39.4 Å². The minimum Gasteiger partial charge on any atom is -0.493 e. The molecule has 3 rings (SSSR count). The molecular formula is C21H27N3O3. The Bertz CT molecular complexity index is 759. The molecule has 2 aromatic rings. The van der Waals surface area contributed by atoms with Gasteiger partial charge in [-0.25, -0.2) is 0 Å². The third-order valence-electron chi connectivity index (χ3n) is 5.01. The molecule has 1 N–H and O–H groups in total. The Morgan fingerprint density at radius 1 is 0.963 bits per heavy atom. The maximum atomic E-state index is 12.7. The summed E-state index contributed by atoms with van der Waals surface area (Å²) in [5.74, 6) is 1.22. The number of hydrogen-bond acceptors (Lipinski definition) is 5. The molecule has 1 saturated heterocycles. The molecule has 1 heterocycles. The number of methoxy groups -OCH3 is 2. The van der Waals surface area contributed by atoms with Crippen molar-refractivity contribution in [2.45, 2.75) is 13.0 Å². The molecule has 0 aliphatic carbocycles. The molecule has 1 aliphatic rings. The first-order valence-corrected chi connectivity index (χ1v) is 9.19. The Labute approximate surface area is 160 Å². The zero-order chi connectivity index (χ0) is 19.2. The lowest BCUT2D eigenvalue weighted by molar-refractivity contribution is -0.120. The summed E-state index contributed by atoms with van der Waals surface area (Å²) in [7, 11) is 3.17. The third-order valence-corrected chi connectivity index (χ3v) is 5.01. The van der Waals surface area contributed by atoms with Crippen LogP contribution in [0, 0.1) is 0 Å². The van der Waals surface area contributed by atoms with Gasteiger partial charge in [-0.15, -0.1) is 0 Å². The van der Waals surface area contributed by atoms with E-state index in [0.717, 1.165) is 26.2 Å². The third kappa shape index (κ3) is 4.52. The standard InChI is InChI=1S/C21H27N3O3/c1-16(21(25)22-17-9-10-19(26-2)20(15-17)27-3)23-11-13-24(14-12-23)18-7-5-4-6-8-18/h4-10,15-16H,11-14H2,1-3H3,(H,22,25)/t16-/m0/s1. The zero-order valence-electron chi connectivity index (χ0n) is 16.1. The Hall–Kier alpha value is -2.73. The molecule has 6 heteroatoms. The fourth-order valence-corrected chi connectivity index (χ4v) is 3.33. The predicted octanol–water partition coefficient (Wildman–Crippen LogP) is 2.85. The number of ether oxygens (including phenoxy) is 2. The van der Waals surface area contributed by atoms with Gasteiger partial charge in [0.15, 0.2) is 11.5 Å². The van der Waals surface area contributed by atoms with E-state index in [1.807, 2.05) is 19.1 Å². The van der Waals surface area contributed by atoms with Gasteiger partial charge in [0, 0.05) is 43.6 Å². The highest BCUT2D eigenvalue weighted by Crippen LogP contribution is 2.29. The van der Waals surface area contributed by atoms with Gasteiger partial charge in [-0.3, -0.25) is 9.69 Å². The normalized spacial score (nSPS) is 15.9. The van der Waals surface area contributed by atoms with Crippen molar-refractivity contribution < 1.29 is 14.3 Å². The molecule has 1 atom stereocenters. The minimum atomic E-state index is -0.198. The second-order valence-corrected chi connectivity index (χ2v) is 6.59. The molecule has 0 aromatic heterocycles. The smallest absolute Gasteiger partial charge is 0.241 e. The number of hydrogen-bond donors (Lipinski definition) is 1. The molecule has 1 aliphatic heterocycles. The summed E-state index contributed by atoms with van der Waals surface area (Å²) in [5, 5.41) is 2.98. The summed E-state index contributed by atoms with van der Waals surface area (Å²) in [6.45, 7) is 5.50. The van der Waals surface area contributed by atoms with Crippen LogP contribution in [0.2, 0.25) is 0 Å². The van der Waals surface area contributed by atoms with Gasteiger partial charge in [0.1, 0.15) is 0 Å². The molecule has 0 spiro atoms. The number of nitrogens with one attached hydrogen (secondary N) is 1. The number of carbonyl (C=O) groups is 1. The van der Waals surface area contributed by atoms with Crippen LogP contribution >= 0.6 is 0 Å². The van der Waals surface area contributed by atoms with E-state index in [4.69, 9.17) is 9.47 Å². The van der Waals surface area contributed by atoms with Crippen LogP contribution in [-0.4, -0.2) is 57.2 Å². The number of para-hydroxylation sites is 1. The van der Waals surface area contributed by atoms with Crippen molar-refractivity contribution in [1.82, 2.24) is 4.90 Å². The quantitative estimate of drug-likeness (QED) is 0.849. The summed E-state index contributed by atoms with van der Waals surface area (Å²) >= 11 is 0. The first-order chi connectivity index (χ1) is 13.1. The SMILES string of the molecule is COc1ccc(NC(=O)[C@H](C)N2CCN(c3ccccc3)CC2)cc1OC. The van der Waals surface area contributed by atoms with Crippen molar-refractivity contribution in [2.24, 2.45) is 0 Å². The lowest BCUT2D eigenvalue weighted by Gasteiger charge is -2.38. The Kier molecular flexibility index (Phi) is 6.19. The number of piperazine rings is 1. The second-order valence-electron chi connectivity index (χ2n) is 6.59. The molecule has 27 heavy (non-hydrogen) atoms. The summed E-state index contributed by atoms with van der Waals surface area (Å²) in [4.78, 5) is 17.3. The minimum absolute atomic E-state index is 0.0182. The van der Waals surface area contributed by atoms with Crippen molar-refractivity contribution in [3.63, 3.8) is 0 Å². The van der Waals surface area contributed by atoms with Gasteiger partial charge in [-0.1, -0.05) is 18.2 Å². The molecule has 0 saturated carbocycles. The van der Waals surface area contributed by atoms with Gasteiger partial charge in [-0.2, -0.15) is 0 Å². The number of benzene rings is 2. The highest BCUT2D eigenvalue weighted by molar-refractivity contribution is 5.94. The van der Waals surface area contributed by atoms with E-state index in [9.17, 15) is 4.79 Å². The van der Waals surface area contributed by atoms with Gasteiger partial charge in [0.05, 0.1) is 20.3 Å². The average molecular weight is 369 g/mol. The maximum absolute atomic E-state index is 12.7. The Morgan fingerprint density at radius 3 is 2.26 bits per heavy atom. The summed E-state index contributed by atoms with van der Waals surface area (Å²) in [6, 6.07) is 15.6. The van der Waals surface area contributed by atoms with Crippen LogP contribution < -0.4 is 19.7 Å². The molecule has 6 nitrogen and oxygen atoms in total. The first kappa shape index (κ1) is 19.0. The Balaban J connectivity index is 1.57. The van der Waals surface area contributed by atoms with Gasteiger partial charge in [0.2, 0.25) is 5.91 Å². The van der Waals surface area contributed by atoms with Crippen LogP contribution in [0.1, 0.15) is 6.92 Å².